The third kappa shape index (κ3) is 2.86. The van der Waals surface area contributed by atoms with Crippen molar-refractivity contribution in [3.8, 4) is 11.1 Å². The molecule has 2 aromatic carbocycles. The fourth-order valence-corrected chi connectivity index (χ4v) is 3.04. The van der Waals surface area contributed by atoms with Crippen LogP contribution in [0.3, 0.4) is 0 Å². The molecular weight excluding hydrogens is 306 g/mol. The molecule has 0 amide bonds. The molecule has 2 aromatic heterocycles. The molecule has 23 heavy (non-hydrogen) atoms. The highest BCUT2D eigenvalue weighted by molar-refractivity contribution is 6.30. The van der Waals surface area contributed by atoms with Crippen LogP contribution >= 0.6 is 11.6 Å². The van der Waals surface area contributed by atoms with Gasteiger partial charge in [-0.1, -0.05) is 23.7 Å². The third-order valence-electron chi connectivity index (χ3n) is 3.90. The molecule has 0 saturated carbocycles. The Morgan fingerprint density at radius 1 is 0.913 bits per heavy atom. The molecule has 0 radical (unpaired) electrons. The van der Waals surface area contributed by atoms with E-state index in [1.807, 2.05) is 48.8 Å². The van der Waals surface area contributed by atoms with Gasteiger partial charge in [0, 0.05) is 28.4 Å². The van der Waals surface area contributed by atoms with Crippen molar-refractivity contribution < 1.29 is 4.42 Å². The lowest BCUT2D eigenvalue weighted by molar-refractivity contribution is 0.617. The van der Waals surface area contributed by atoms with E-state index in [4.69, 9.17) is 16.0 Å². The largest absolute Gasteiger partial charge is 0.464 e. The number of aromatic nitrogens is 1. The summed E-state index contributed by atoms with van der Waals surface area (Å²) in [6.45, 7) is 0. The molecule has 0 spiro atoms. The lowest BCUT2D eigenvalue weighted by atomic mass is 9.97. The average molecular weight is 320 g/mol. The molecule has 0 N–H and O–H groups in total. The number of hydrogen-bond acceptors (Lipinski definition) is 2. The fourth-order valence-electron chi connectivity index (χ4n) is 2.85. The molecule has 0 saturated heterocycles. The van der Waals surface area contributed by atoms with Crippen LogP contribution in [0.4, 0.5) is 0 Å². The second kappa shape index (κ2) is 5.90. The van der Waals surface area contributed by atoms with Crippen LogP contribution in [0.25, 0.3) is 22.1 Å². The van der Waals surface area contributed by atoms with Gasteiger partial charge in [0.25, 0.3) is 0 Å². The molecule has 0 aliphatic heterocycles. The molecule has 0 aliphatic carbocycles. The molecule has 2 nitrogen and oxygen atoms in total. The molecule has 4 rings (SSSR count). The number of pyridine rings is 1. The van der Waals surface area contributed by atoms with Crippen LogP contribution in [-0.4, -0.2) is 4.98 Å². The van der Waals surface area contributed by atoms with Gasteiger partial charge >= 0.3 is 0 Å². The van der Waals surface area contributed by atoms with Gasteiger partial charge < -0.3 is 4.42 Å². The summed E-state index contributed by atoms with van der Waals surface area (Å²) in [5.41, 5.74) is 5.50. The van der Waals surface area contributed by atoms with Gasteiger partial charge in [0.05, 0.1) is 6.26 Å². The Bertz CT molecular complexity index is 960. The van der Waals surface area contributed by atoms with Crippen molar-refractivity contribution in [2.24, 2.45) is 0 Å². The number of halogens is 1. The zero-order chi connectivity index (χ0) is 15.6. The molecule has 112 valence electrons. The van der Waals surface area contributed by atoms with Crippen LogP contribution < -0.4 is 0 Å². The highest BCUT2D eigenvalue weighted by Gasteiger charge is 2.10. The molecule has 0 unspecified atom stereocenters. The summed E-state index contributed by atoms with van der Waals surface area (Å²) >= 11 is 6.15. The van der Waals surface area contributed by atoms with Crippen LogP contribution in [0.1, 0.15) is 11.1 Å². The summed E-state index contributed by atoms with van der Waals surface area (Å²) in [5, 5.41) is 1.83. The molecule has 4 aromatic rings. The van der Waals surface area contributed by atoms with Crippen molar-refractivity contribution in [2.45, 2.75) is 6.42 Å². The zero-order valence-corrected chi connectivity index (χ0v) is 13.1. The minimum absolute atomic E-state index is 0.724. The first kappa shape index (κ1) is 14.0. The monoisotopic (exact) mass is 319 g/mol. The van der Waals surface area contributed by atoms with E-state index in [-0.39, 0.29) is 0 Å². The van der Waals surface area contributed by atoms with Gasteiger partial charge in [-0.3, -0.25) is 4.98 Å². The first-order valence-corrected chi connectivity index (χ1v) is 7.82. The van der Waals surface area contributed by atoms with Crippen LogP contribution in [0.5, 0.6) is 0 Å². The van der Waals surface area contributed by atoms with E-state index in [1.54, 1.807) is 6.26 Å². The summed E-state index contributed by atoms with van der Waals surface area (Å²) in [5.74, 6) is 0. The molecule has 3 heteroatoms. The highest BCUT2D eigenvalue weighted by atomic mass is 35.5. The standard InChI is InChI=1S/C20H14ClNO/c21-18-3-1-2-16(13-18)19-12-15(10-14-4-7-22-8-5-14)11-17-6-9-23-20(17)19/h1-9,11-13H,10H2. The van der Waals surface area contributed by atoms with E-state index in [9.17, 15) is 0 Å². The SMILES string of the molecule is Clc1cccc(-c2cc(Cc3ccncc3)cc3ccoc23)c1. The predicted octanol–water partition coefficient (Wildman–Crippen LogP) is 5.74. The normalized spacial score (nSPS) is 11.0. The molecular formula is C20H14ClNO. The van der Waals surface area contributed by atoms with Crippen LogP contribution in [0.15, 0.2) is 77.7 Å². The lowest BCUT2D eigenvalue weighted by Crippen LogP contribution is -1.90. The number of furan rings is 1. The smallest absolute Gasteiger partial charge is 0.141 e. The van der Waals surface area contributed by atoms with Gasteiger partial charge in [0.15, 0.2) is 0 Å². The average Bonchev–Trinajstić information content (AvgIpc) is 3.03. The van der Waals surface area contributed by atoms with Gasteiger partial charge in [-0.2, -0.15) is 0 Å². The summed E-state index contributed by atoms with van der Waals surface area (Å²) in [6, 6.07) is 18.3. The maximum absolute atomic E-state index is 6.15. The zero-order valence-electron chi connectivity index (χ0n) is 12.4. The number of nitrogens with zero attached hydrogens (tertiary/aromatic N) is 1. The summed E-state index contributed by atoms with van der Waals surface area (Å²) in [7, 11) is 0. The number of rotatable bonds is 3. The Morgan fingerprint density at radius 3 is 2.61 bits per heavy atom. The van der Waals surface area contributed by atoms with E-state index in [2.05, 4.69) is 23.2 Å². The minimum atomic E-state index is 0.724. The Hall–Kier alpha value is -2.58. The first-order chi connectivity index (χ1) is 11.3. The van der Waals surface area contributed by atoms with E-state index in [0.29, 0.717) is 0 Å². The first-order valence-electron chi connectivity index (χ1n) is 7.44. The topological polar surface area (TPSA) is 26.0 Å². The van der Waals surface area contributed by atoms with E-state index < -0.39 is 0 Å². The summed E-state index contributed by atoms with van der Waals surface area (Å²) < 4.78 is 5.70. The Kier molecular flexibility index (Phi) is 3.60. The van der Waals surface area contributed by atoms with Crippen LogP contribution in [0, 0.1) is 0 Å². The molecule has 0 atom stereocenters. The van der Waals surface area contributed by atoms with E-state index in [1.165, 1.54) is 11.1 Å². The van der Waals surface area contributed by atoms with Gasteiger partial charge in [-0.25, -0.2) is 0 Å². The van der Waals surface area contributed by atoms with Crippen molar-refractivity contribution in [1.29, 1.82) is 0 Å². The van der Waals surface area contributed by atoms with E-state index >= 15 is 0 Å². The van der Waals surface area contributed by atoms with Crippen molar-refractivity contribution in [3.63, 3.8) is 0 Å². The maximum atomic E-state index is 6.15. The molecule has 2 heterocycles. The van der Waals surface area contributed by atoms with Crippen molar-refractivity contribution in [2.75, 3.05) is 0 Å². The van der Waals surface area contributed by atoms with Crippen LogP contribution in [-0.2, 0) is 6.42 Å². The van der Waals surface area contributed by atoms with Crippen molar-refractivity contribution in [3.05, 3.63) is 89.4 Å². The molecule has 0 fully saturated rings. The number of fused-ring (bicyclic) bond motifs is 1. The quantitative estimate of drug-likeness (QED) is 0.481. The summed E-state index contributed by atoms with van der Waals surface area (Å²) in [6.07, 6.45) is 6.24. The van der Waals surface area contributed by atoms with Gasteiger partial charge in [0.1, 0.15) is 5.58 Å². The maximum Gasteiger partial charge on any atom is 0.141 e. The summed E-state index contributed by atoms with van der Waals surface area (Å²) in [4.78, 5) is 4.07. The van der Waals surface area contributed by atoms with Crippen LogP contribution in [0.2, 0.25) is 5.02 Å². The highest BCUT2D eigenvalue weighted by Crippen LogP contribution is 2.32. The Morgan fingerprint density at radius 2 is 1.78 bits per heavy atom. The molecule has 0 bridgehead atoms. The second-order valence-electron chi connectivity index (χ2n) is 5.52. The third-order valence-corrected chi connectivity index (χ3v) is 4.14. The van der Waals surface area contributed by atoms with Gasteiger partial charge in [-0.15, -0.1) is 0 Å². The van der Waals surface area contributed by atoms with Crippen molar-refractivity contribution >= 4 is 22.6 Å². The molecule has 0 aliphatic rings. The predicted molar refractivity (Wildman–Crippen MR) is 93.7 cm³/mol. The van der Waals surface area contributed by atoms with Gasteiger partial charge in [0.2, 0.25) is 0 Å². The Balaban J connectivity index is 1.85. The minimum Gasteiger partial charge on any atom is -0.464 e. The number of benzene rings is 2. The Labute approximate surface area is 139 Å². The van der Waals surface area contributed by atoms with Crippen molar-refractivity contribution in [1.82, 2.24) is 4.98 Å². The van der Waals surface area contributed by atoms with Gasteiger partial charge in [-0.05, 0) is 65.6 Å². The number of hydrogen-bond donors (Lipinski definition) is 0. The second-order valence-corrected chi connectivity index (χ2v) is 5.96. The van der Waals surface area contributed by atoms with E-state index in [0.717, 1.165) is 33.5 Å². The fraction of sp³-hybridized carbons (Fsp3) is 0.0500. The lowest BCUT2D eigenvalue weighted by Gasteiger charge is -2.08.